The van der Waals surface area contributed by atoms with Crippen molar-refractivity contribution in [3.8, 4) is 5.75 Å². The number of sulfonamides is 1. The number of benzene rings is 2. The Morgan fingerprint density at radius 3 is 2.41 bits per heavy atom. The summed E-state index contributed by atoms with van der Waals surface area (Å²) in [6.07, 6.45) is 12.0. The molecule has 0 radical (unpaired) electrons. The molecule has 2 aromatic carbocycles. The maximum absolute atomic E-state index is 13.7. The van der Waals surface area contributed by atoms with Gasteiger partial charge in [-0.3, -0.25) is 9.69 Å². The van der Waals surface area contributed by atoms with E-state index in [2.05, 4.69) is 38.5 Å². The van der Waals surface area contributed by atoms with Gasteiger partial charge in [0.25, 0.3) is 5.91 Å². The van der Waals surface area contributed by atoms with Gasteiger partial charge in [-0.25, -0.2) is 13.1 Å². The second-order valence-electron chi connectivity index (χ2n) is 16.9. The molecule has 4 aliphatic rings. The molecule has 6 rings (SSSR count). The van der Waals surface area contributed by atoms with E-state index in [-0.39, 0.29) is 11.8 Å². The minimum atomic E-state index is -3.98. The molecular weight excluding hydrogens is 776 g/mol. The largest absolute Gasteiger partial charge is 0.487 e. The van der Waals surface area contributed by atoms with Crippen LogP contribution in [0.3, 0.4) is 0 Å². The zero-order valence-electron chi connectivity index (χ0n) is 35.4. The van der Waals surface area contributed by atoms with E-state index in [1.54, 1.807) is 27.2 Å². The zero-order chi connectivity index (χ0) is 41.3. The van der Waals surface area contributed by atoms with Crippen LogP contribution < -0.4 is 14.4 Å². The molecule has 5 atom stereocenters. The van der Waals surface area contributed by atoms with Crippen LogP contribution in [0.25, 0.3) is 0 Å². The predicted molar refractivity (Wildman–Crippen MR) is 232 cm³/mol. The number of anilines is 1. The fourth-order valence-corrected chi connectivity index (χ4v) is 11.0. The second-order valence-corrected chi connectivity index (χ2v) is 19.4. The van der Waals surface area contributed by atoms with Crippen molar-refractivity contribution in [2.24, 2.45) is 17.8 Å². The van der Waals surface area contributed by atoms with E-state index in [1.807, 2.05) is 37.3 Å². The van der Waals surface area contributed by atoms with Crippen LogP contribution in [-0.2, 0) is 37.3 Å². The summed E-state index contributed by atoms with van der Waals surface area (Å²) < 4.78 is 54.3. The molecule has 1 aliphatic carbocycles. The van der Waals surface area contributed by atoms with E-state index in [1.165, 1.54) is 5.56 Å². The fourth-order valence-electron chi connectivity index (χ4n) is 9.50. The lowest BCUT2D eigenvalue weighted by Gasteiger charge is -2.52. The second kappa shape index (κ2) is 20.7. The average molecular weight is 844 g/mol. The van der Waals surface area contributed by atoms with Gasteiger partial charge in [-0.15, -0.1) is 0 Å². The summed E-state index contributed by atoms with van der Waals surface area (Å²) in [6.45, 7) is 14.1. The van der Waals surface area contributed by atoms with Crippen molar-refractivity contribution < 1.29 is 32.2 Å². The first-order valence-corrected chi connectivity index (χ1v) is 23.5. The van der Waals surface area contributed by atoms with Crippen molar-refractivity contribution >= 4 is 33.2 Å². The lowest BCUT2D eigenvalue weighted by Crippen LogP contribution is -2.58. The van der Waals surface area contributed by atoms with Crippen molar-refractivity contribution in [2.45, 2.75) is 95.6 Å². The van der Waals surface area contributed by atoms with Gasteiger partial charge in [0.15, 0.2) is 0 Å². The van der Waals surface area contributed by atoms with E-state index >= 15 is 0 Å². The van der Waals surface area contributed by atoms with Crippen LogP contribution in [0.5, 0.6) is 5.75 Å². The number of carbonyl (C=O) groups is 1. The molecule has 0 spiro atoms. The molecule has 11 nitrogen and oxygen atoms in total. The number of ether oxygens (including phenoxy) is 4. The molecule has 2 bridgehead atoms. The maximum Gasteiger partial charge on any atom is 0.264 e. The maximum atomic E-state index is 13.7. The number of fused-ring (bicyclic) bond motifs is 3. The van der Waals surface area contributed by atoms with Gasteiger partial charge in [0.2, 0.25) is 10.0 Å². The molecule has 58 heavy (non-hydrogen) atoms. The number of nitrogens with zero attached hydrogens (tertiary/aromatic N) is 3. The van der Waals surface area contributed by atoms with Crippen LogP contribution in [0.15, 0.2) is 48.6 Å². The first-order chi connectivity index (χ1) is 28.0. The molecule has 1 N–H and O–H groups in total. The van der Waals surface area contributed by atoms with E-state index in [9.17, 15) is 13.2 Å². The number of likely N-dealkylation sites (tertiary alicyclic amines) is 1. The summed E-state index contributed by atoms with van der Waals surface area (Å²) in [5.41, 5.74) is 2.84. The third kappa shape index (κ3) is 11.0. The van der Waals surface area contributed by atoms with Crippen molar-refractivity contribution in [3.05, 3.63) is 70.3 Å². The number of hydrogen-bond acceptors (Lipinski definition) is 10. The molecule has 1 amide bonds. The van der Waals surface area contributed by atoms with Gasteiger partial charge in [0.1, 0.15) is 18.0 Å². The molecule has 2 fully saturated rings. The van der Waals surface area contributed by atoms with Gasteiger partial charge in [-0.1, -0.05) is 36.7 Å². The molecule has 13 heteroatoms. The first kappa shape index (κ1) is 44.8. The summed E-state index contributed by atoms with van der Waals surface area (Å²) in [5, 5.41) is -0.0776. The number of allylic oxidation sites excluding steroid dienone is 1. The van der Waals surface area contributed by atoms with Gasteiger partial charge in [-0.05, 0) is 138 Å². The molecule has 3 aliphatic heterocycles. The number of aryl methyl sites for hydroxylation is 1. The Morgan fingerprint density at radius 1 is 0.966 bits per heavy atom. The molecule has 2 aromatic rings. The van der Waals surface area contributed by atoms with Gasteiger partial charge >= 0.3 is 0 Å². The van der Waals surface area contributed by atoms with E-state index in [4.69, 9.17) is 30.5 Å². The molecule has 0 aromatic heterocycles. The van der Waals surface area contributed by atoms with Crippen LogP contribution in [0.1, 0.15) is 87.2 Å². The van der Waals surface area contributed by atoms with Gasteiger partial charge in [0.05, 0.1) is 24.2 Å². The monoisotopic (exact) mass is 842 g/mol. The molecular formula is C45H67ClN4O7S. The predicted octanol–water partition coefficient (Wildman–Crippen LogP) is 6.97. The van der Waals surface area contributed by atoms with Crippen molar-refractivity contribution in [1.82, 2.24) is 14.5 Å². The zero-order valence-corrected chi connectivity index (χ0v) is 37.0. The Hall–Kier alpha value is -2.71. The molecule has 3 heterocycles. The molecule has 322 valence electrons. The van der Waals surface area contributed by atoms with Gasteiger partial charge in [-0.2, -0.15) is 0 Å². The molecule has 1 saturated carbocycles. The van der Waals surface area contributed by atoms with Gasteiger partial charge < -0.3 is 28.7 Å². The number of nitrogens with one attached hydrogen (secondary N) is 1. The minimum absolute atomic E-state index is 0.235. The van der Waals surface area contributed by atoms with E-state index in [0.717, 1.165) is 102 Å². The number of halogens is 1. The minimum Gasteiger partial charge on any atom is -0.487 e. The highest BCUT2D eigenvalue weighted by molar-refractivity contribution is 7.90. The van der Waals surface area contributed by atoms with E-state index < -0.39 is 26.8 Å². The SMILES string of the molecule is CCO[C@@]1(CN2CCC(N(CCOC)CCOC)CC2)/C=C/C[C@H](C)[C@@H](C)S(=O)(=O)NC(=O)c2ccc3c(c2)N(CCCCc2cc(Cl)ccc2CO3)C[C@@H]2CC[C@H]21. The quantitative estimate of drug-likeness (QED) is 0.239. The number of carbonyl (C=O) groups excluding carboxylic acids is 1. The lowest BCUT2D eigenvalue weighted by atomic mass is 9.63. The highest BCUT2D eigenvalue weighted by Gasteiger charge is 2.49. The molecule has 1 saturated heterocycles. The van der Waals surface area contributed by atoms with Crippen molar-refractivity contribution in [1.29, 1.82) is 0 Å². The number of piperidine rings is 1. The van der Waals surface area contributed by atoms with E-state index in [0.29, 0.717) is 61.1 Å². The van der Waals surface area contributed by atoms with Crippen LogP contribution >= 0.6 is 11.6 Å². The Labute approximate surface area is 352 Å². The summed E-state index contributed by atoms with van der Waals surface area (Å²) in [4.78, 5) is 21.2. The number of rotatable bonds is 11. The van der Waals surface area contributed by atoms with Gasteiger partial charge in [0, 0.05) is 70.2 Å². The third-order valence-electron chi connectivity index (χ3n) is 13.3. The number of amides is 1. The van der Waals surface area contributed by atoms with Crippen LogP contribution in [0.4, 0.5) is 5.69 Å². The van der Waals surface area contributed by atoms with Crippen molar-refractivity contribution in [3.63, 3.8) is 0 Å². The summed E-state index contributed by atoms with van der Waals surface area (Å²) in [7, 11) is -0.458. The third-order valence-corrected chi connectivity index (χ3v) is 15.4. The topological polar surface area (TPSA) is 110 Å². The van der Waals surface area contributed by atoms with Crippen LogP contribution in [-0.4, -0.2) is 121 Å². The Balaban J connectivity index is 1.33. The summed E-state index contributed by atoms with van der Waals surface area (Å²) >= 11 is 6.43. The smallest absolute Gasteiger partial charge is 0.264 e. The van der Waals surface area contributed by atoms with Crippen LogP contribution in [0, 0.1) is 17.8 Å². The highest BCUT2D eigenvalue weighted by Crippen LogP contribution is 2.47. The first-order valence-electron chi connectivity index (χ1n) is 21.6. The standard InChI is InChI=1S/C45H67ClN4O7S/c1-6-57-45(32-48-22-18-40(19-23-48)49(24-26-54-4)25-27-55-5)20-9-10-33(2)34(3)58(52,53)47-44(51)36-14-17-43-42(29-36)50(30-37-13-16-41(37)45)21-8-7-11-35-28-39(46)15-12-38(35)31-56-43/h9,12,14-15,17,20,28-29,33-34,37,40-41H,6-8,10-11,13,16,18-19,21-27,30-32H2,1-5H3,(H,47,51)/b20-9+/t33-,34+,37-,41+,45+/m0/s1. The Morgan fingerprint density at radius 2 is 1.72 bits per heavy atom. The Bertz CT molecular complexity index is 1800. The molecule has 0 unspecified atom stereocenters. The van der Waals surface area contributed by atoms with Crippen LogP contribution in [0.2, 0.25) is 5.02 Å². The number of methoxy groups -OCH3 is 2. The fraction of sp³-hybridized carbons (Fsp3) is 0.667. The number of hydrogen-bond donors (Lipinski definition) is 1. The summed E-state index contributed by atoms with van der Waals surface area (Å²) in [6, 6.07) is 11.8. The summed E-state index contributed by atoms with van der Waals surface area (Å²) in [5.74, 6) is 0.403. The average Bonchev–Trinajstić information content (AvgIpc) is 3.22. The normalized spacial score (nSPS) is 28.0. The van der Waals surface area contributed by atoms with Crippen molar-refractivity contribution in [2.75, 3.05) is 84.8 Å². The lowest BCUT2D eigenvalue weighted by molar-refractivity contribution is -0.112. The highest BCUT2D eigenvalue weighted by atomic mass is 35.5. The Kier molecular flexibility index (Phi) is 16.0.